The fourth-order valence-electron chi connectivity index (χ4n) is 1.71. The highest BCUT2D eigenvalue weighted by Gasteiger charge is 2.01. The Kier molecular flexibility index (Phi) is 5.04. The molecule has 0 fully saturated rings. The van der Waals surface area contributed by atoms with E-state index in [2.05, 4.69) is 15.8 Å². The summed E-state index contributed by atoms with van der Waals surface area (Å²) in [6.45, 7) is 2.10. The molecule has 108 valence electrons. The van der Waals surface area contributed by atoms with E-state index in [-0.39, 0.29) is 18.3 Å². The number of nitrogens with one attached hydrogen (secondary N) is 2. The van der Waals surface area contributed by atoms with Crippen LogP contribution in [0, 0.1) is 12.7 Å². The van der Waals surface area contributed by atoms with Crippen molar-refractivity contribution in [3.05, 3.63) is 65.5 Å². The van der Waals surface area contributed by atoms with Crippen LogP contribution in [0.5, 0.6) is 0 Å². The molecule has 0 aromatic heterocycles. The highest BCUT2D eigenvalue weighted by atomic mass is 19.1. The first kappa shape index (κ1) is 14.7. The average molecular weight is 285 g/mol. The van der Waals surface area contributed by atoms with Gasteiger partial charge in [-0.05, 0) is 36.2 Å². The molecule has 2 rings (SSSR count). The lowest BCUT2D eigenvalue weighted by Gasteiger charge is -2.07. The van der Waals surface area contributed by atoms with Gasteiger partial charge < -0.3 is 5.32 Å². The smallest absolute Gasteiger partial charge is 0.259 e. The molecule has 5 heteroatoms. The number of carbonyl (C=O) groups is 1. The topological polar surface area (TPSA) is 53.5 Å². The molecule has 0 heterocycles. The van der Waals surface area contributed by atoms with E-state index in [0.717, 1.165) is 11.3 Å². The minimum absolute atomic E-state index is 0.131. The van der Waals surface area contributed by atoms with Gasteiger partial charge in [0, 0.05) is 5.69 Å². The molecule has 0 saturated carbocycles. The Morgan fingerprint density at radius 1 is 1.19 bits per heavy atom. The predicted molar refractivity (Wildman–Crippen MR) is 81.8 cm³/mol. The van der Waals surface area contributed by atoms with Gasteiger partial charge >= 0.3 is 0 Å². The molecule has 0 atom stereocenters. The lowest BCUT2D eigenvalue weighted by atomic mass is 10.2. The second kappa shape index (κ2) is 7.19. The summed E-state index contributed by atoms with van der Waals surface area (Å²) in [4.78, 5) is 11.6. The Morgan fingerprint density at radius 3 is 2.62 bits per heavy atom. The van der Waals surface area contributed by atoms with Crippen molar-refractivity contribution >= 4 is 17.8 Å². The Labute approximate surface area is 122 Å². The van der Waals surface area contributed by atoms with Crippen LogP contribution < -0.4 is 10.7 Å². The normalized spacial score (nSPS) is 10.6. The predicted octanol–water partition coefficient (Wildman–Crippen LogP) is 2.70. The van der Waals surface area contributed by atoms with Gasteiger partial charge in [-0.25, -0.2) is 9.82 Å². The van der Waals surface area contributed by atoms with E-state index in [1.807, 2.05) is 31.2 Å². The van der Waals surface area contributed by atoms with Gasteiger partial charge in [-0.15, -0.1) is 0 Å². The maximum atomic E-state index is 12.7. The van der Waals surface area contributed by atoms with Crippen LogP contribution in [0.2, 0.25) is 0 Å². The van der Waals surface area contributed by atoms with Gasteiger partial charge in [0.05, 0.1) is 12.8 Å². The summed E-state index contributed by atoms with van der Waals surface area (Å²) >= 11 is 0. The molecule has 0 saturated heterocycles. The molecule has 0 aliphatic rings. The number of anilines is 1. The van der Waals surface area contributed by atoms with Gasteiger partial charge in [-0.1, -0.05) is 30.3 Å². The number of hydrazone groups is 1. The van der Waals surface area contributed by atoms with E-state index in [1.165, 1.54) is 18.3 Å². The van der Waals surface area contributed by atoms with E-state index in [4.69, 9.17) is 0 Å². The van der Waals surface area contributed by atoms with Crippen LogP contribution in [0.15, 0.2) is 53.6 Å². The first-order valence-electron chi connectivity index (χ1n) is 6.52. The largest absolute Gasteiger partial charge is 0.376 e. The van der Waals surface area contributed by atoms with E-state index in [0.29, 0.717) is 5.56 Å². The number of aryl methyl sites for hydroxylation is 1. The third-order valence-corrected chi connectivity index (χ3v) is 2.86. The SMILES string of the molecule is Cc1ccccc1NCC(=O)N/N=C\c1ccc(F)cc1. The fraction of sp³-hybridized carbons (Fsp3) is 0.125. The molecule has 0 unspecified atom stereocenters. The number of hydrogen-bond acceptors (Lipinski definition) is 3. The molecule has 4 nitrogen and oxygen atoms in total. The monoisotopic (exact) mass is 285 g/mol. The summed E-state index contributed by atoms with van der Waals surface area (Å²) in [7, 11) is 0. The molecule has 1 amide bonds. The summed E-state index contributed by atoms with van der Waals surface area (Å²) in [5.41, 5.74) is 5.10. The molecule has 2 aromatic carbocycles. The number of para-hydroxylation sites is 1. The van der Waals surface area contributed by atoms with Crippen LogP contribution in [0.1, 0.15) is 11.1 Å². The van der Waals surface area contributed by atoms with Crippen molar-refractivity contribution in [2.24, 2.45) is 5.10 Å². The Bertz CT molecular complexity index is 638. The number of hydrogen-bond donors (Lipinski definition) is 2. The Balaban J connectivity index is 1.80. The molecule has 0 aliphatic carbocycles. The van der Waals surface area contributed by atoms with Crippen LogP contribution >= 0.6 is 0 Å². The maximum absolute atomic E-state index is 12.7. The summed E-state index contributed by atoms with van der Waals surface area (Å²) in [5, 5.41) is 6.85. The van der Waals surface area contributed by atoms with Gasteiger partial charge in [0.1, 0.15) is 5.82 Å². The van der Waals surface area contributed by atoms with Crippen LogP contribution in [-0.2, 0) is 4.79 Å². The van der Waals surface area contributed by atoms with E-state index < -0.39 is 0 Å². The van der Waals surface area contributed by atoms with Crippen LogP contribution in [0.25, 0.3) is 0 Å². The molecule has 2 N–H and O–H groups in total. The van der Waals surface area contributed by atoms with E-state index >= 15 is 0 Å². The maximum Gasteiger partial charge on any atom is 0.259 e. The summed E-state index contributed by atoms with van der Waals surface area (Å²) in [5.74, 6) is -0.560. The minimum Gasteiger partial charge on any atom is -0.376 e. The highest BCUT2D eigenvalue weighted by molar-refractivity contribution is 5.84. The Hall–Kier alpha value is -2.69. The zero-order valence-corrected chi connectivity index (χ0v) is 11.6. The van der Waals surface area contributed by atoms with Gasteiger partial charge in [0.15, 0.2) is 0 Å². The number of benzene rings is 2. The third kappa shape index (κ3) is 4.72. The number of halogens is 1. The summed E-state index contributed by atoms with van der Waals surface area (Å²) in [6.07, 6.45) is 1.46. The van der Waals surface area contributed by atoms with E-state index in [9.17, 15) is 9.18 Å². The molecule has 0 bridgehead atoms. The lowest BCUT2D eigenvalue weighted by molar-refractivity contribution is -0.119. The zero-order valence-electron chi connectivity index (χ0n) is 11.6. The number of carbonyl (C=O) groups excluding carboxylic acids is 1. The van der Waals surface area contributed by atoms with Crippen molar-refractivity contribution in [2.45, 2.75) is 6.92 Å². The van der Waals surface area contributed by atoms with Gasteiger partial charge in [-0.2, -0.15) is 5.10 Å². The molecule has 2 aromatic rings. The van der Waals surface area contributed by atoms with Gasteiger partial charge in [-0.3, -0.25) is 4.79 Å². The first-order valence-corrected chi connectivity index (χ1v) is 6.52. The number of nitrogens with zero attached hydrogens (tertiary/aromatic N) is 1. The quantitative estimate of drug-likeness (QED) is 0.655. The first-order chi connectivity index (χ1) is 10.1. The molecule has 21 heavy (non-hydrogen) atoms. The molecule has 0 spiro atoms. The van der Waals surface area contributed by atoms with Crippen LogP contribution in [0.3, 0.4) is 0 Å². The van der Waals surface area contributed by atoms with Gasteiger partial charge in [0.2, 0.25) is 0 Å². The second-order valence-corrected chi connectivity index (χ2v) is 4.51. The minimum atomic E-state index is -0.307. The molecular formula is C16H16FN3O. The second-order valence-electron chi connectivity index (χ2n) is 4.51. The highest BCUT2D eigenvalue weighted by Crippen LogP contribution is 2.12. The molecule has 0 radical (unpaired) electrons. The van der Waals surface area contributed by atoms with Crippen molar-refractivity contribution in [2.75, 3.05) is 11.9 Å². The Morgan fingerprint density at radius 2 is 1.90 bits per heavy atom. The summed E-state index contributed by atoms with van der Waals surface area (Å²) in [6, 6.07) is 13.5. The van der Waals surface area contributed by atoms with Crippen molar-refractivity contribution in [1.29, 1.82) is 0 Å². The van der Waals surface area contributed by atoms with Crippen molar-refractivity contribution < 1.29 is 9.18 Å². The van der Waals surface area contributed by atoms with Crippen LogP contribution in [-0.4, -0.2) is 18.7 Å². The molecular weight excluding hydrogens is 269 g/mol. The van der Waals surface area contributed by atoms with E-state index in [1.54, 1.807) is 12.1 Å². The fourth-order valence-corrected chi connectivity index (χ4v) is 1.71. The lowest BCUT2D eigenvalue weighted by Crippen LogP contribution is -2.26. The van der Waals surface area contributed by atoms with Crippen molar-refractivity contribution in [3.63, 3.8) is 0 Å². The third-order valence-electron chi connectivity index (χ3n) is 2.86. The standard InChI is InChI=1S/C16H16FN3O/c1-12-4-2-3-5-15(12)18-11-16(21)20-19-10-13-6-8-14(17)9-7-13/h2-10,18H,11H2,1H3,(H,20,21)/b19-10-. The summed E-state index contributed by atoms with van der Waals surface area (Å²) < 4.78 is 12.7. The zero-order chi connectivity index (χ0) is 15.1. The van der Waals surface area contributed by atoms with Gasteiger partial charge in [0.25, 0.3) is 5.91 Å². The van der Waals surface area contributed by atoms with Crippen molar-refractivity contribution in [1.82, 2.24) is 5.43 Å². The molecule has 0 aliphatic heterocycles. The average Bonchev–Trinajstić information content (AvgIpc) is 2.48. The number of rotatable bonds is 5. The van der Waals surface area contributed by atoms with Crippen molar-refractivity contribution in [3.8, 4) is 0 Å². The number of amides is 1. The van der Waals surface area contributed by atoms with Crippen LogP contribution in [0.4, 0.5) is 10.1 Å².